The summed E-state index contributed by atoms with van der Waals surface area (Å²) in [6.45, 7) is 2.63. The Kier molecular flexibility index (Phi) is 5.57. The van der Waals surface area contributed by atoms with Crippen LogP contribution >= 0.6 is 0 Å². The third kappa shape index (κ3) is 5.43. The molecule has 0 aliphatic carbocycles. The second-order valence-electron chi connectivity index (χ2n) is 5.26. The van der Waals surface area contributed by atoms with Crippen molar-refractivity contribution in [3.8, 4) is 0 Å². The van der Waals surface area contributed by atoms with Crippen LogP contribution in [0.3, 0.4) is 0 Å². The van der Waals surface area contributed by atoms with Crippen molar-refractivity contribution >= 4 is 12.0 Å². The number of hydrogen-bond donors (Lipinski definition) is 3. The highest BCUT2D eigenvalue weighted by Gasteiger charge is 2.20. The third-order valence-corrected chi connectivity index (χ3v) is 3.60. The fourth-order valence-corrected chi connectivity index (χ4v) is 2.51. The Morgan fingerprint density at radius 1 is 1.19 bits per heavy atom. The van der Waals surface area contributed by atoms with Crippen molar-refractivity contribution in [2.45, 2.75) is 25.4 Å². The molecule has 1 saturated heterocycles. The third-order valence-electron chi connectivity index (χ3n) is 3.60. The van der Waals surface area contributed by atoms with Crippen molar-refractivity contribution < 1.29 is 14.7 Å². The molecule has 1 heterocycles. The topological polar surface area (TPSA) is 81.7 Å². The molecule has 0 bridgehead atoms. The van der Waals surface area contributed by atoms with E-state index in [4.69, 9.17) is 5.11 Å². The van der Waals surface area contributed by atoms with Crippen LogP contribution in [-0.4, -0.2) is 47.7 Å². The summed E-state index contributed by atoms with van der Waals surface area (Å²) >= 11 is 0. The van der Waals surface area contributed by atoms with Crippen LogP contribution in [0.15, 0.2) is 30.3 Å². The van der Waals surface area contributed by atoms with E-state index in [-0.39, 0.29) is 18.5 Å². The number of hydrogen-bond acceptors (Lipinski definition) is 3. The number of rotatable bonds is 5. The highest BCUT2D eigenvalue weighted by molar-refractivity contribution is 5.81. The molecular formula is C15H21N3O3. The second-order valence-corrected chi connectivity index (χ2v) is 5.26. The van der Waals surface area contributed by atoms with Gasteiger partial charge >= 0.3 is 6.09 Å². The van der Waals surface area contributed by atoms with Gasteiger partial charge in [-0.25, -0.2) is 4.79 Å². The monoisotopic (exact) mass is 291 g/mol. The Labute approximate surface area is 124 Å². The maximum atomic E-state index is 11.5. The Morgan fingerprint density at radius 3 is 2.48 bits per heavy atom. The van der Waals surface area contributed by atoms with E-state index >= 15 is 0 Å². The lowest BCUT2D eigenvalue weighted by molar-refractivity contribution is -0.121. The Hall–Kier alpha value is -2.08. The summed E-state index contributed by atoms with van der Waals surface area (Å²) in [5.74, 6) is -0.265. The molecule has 6 heteroatoms. The second kappa shape index (κ2) is 7.64. The van der Waals surface area contributed by atoms with Gasteiger partial charge < -0.3 is 15.7 Å². The molecule has 1 aliphatic rings. The van der Waals surface area contributed by atoms with Crippen LogP contribution in [0.2, 0.25) is 0 Å². The molecule has 2 amide bonds. The summed E-state index contributed by atoms with van der Waals surface area (Å²) in [5, 5.41) is 13.4. The zero-order chi connectivity index (χ0) is 15.1. The van der Waals surface area contributed by atoms with Crippen LogP contribution in [0, 0.1) is 0 Å². The van der Waals surface area contributed by atoms with Crippen LogP contribution in [-0.2, 0) is 11.3 Å². The summed E-state index contributed by atoms with van der Waals surface area (Å²) in [4.78, 5) is 24.2. The smallest absolute Gasteiger partial charge is 0.405 e. The molecular weight excluding hydrogens is 270 g/mol. The zero-order valence-corrected chi connectivity index (χ0v) is 11.9. The van der Waals surface area contributed by atoms with Crippen LogP contribution in [0.4, 0.5) is 4.79 Å². The van der Waals surface area contributed by atoms with Gasteiger partial charge in [-0.3, -0.25) is 9.69 Å². The Bertz CT molecular complexity index is 470. The Balaban J connectivity index is 1.68. The number of likely N-dealkylation sites (tertiary alicyclic amines) is 1. The standard InChI is InChI=1S/C15H21N3O3/c19-14(10-16-15(20)21)17-13-6-8-18(9-7-13)11-12-4-2-1-3-5-12/h1-5,13,16H,6-11H2,(H,17,19)(H,20,21). The Morgan fingerprint density at radius 2 is 1.86 bits per heavy atom. The van der Waals surface area contributed by atoms with Gasteiger partial charge in [0.2, 0.25) is 5.91 Å². The normalized spacial score (nSPS) is 16.4. The molecule has 2 rings (SSSR count). The number of amides is 2. The predicted molar refractivity (Wildman–Crippen MR) is 78.9 cm³/mol. The molecule has 0 spiro atoms. The van der Waals surface area contributed by atoms with Gasteiger partial charge in [0.1, 0.15) is 0 Å². The average molecular weight is 291 g/mol. The number of nitrogens with one attached hydrogen (secondary N) is 2. The van der Waals surface area contributed by atoms with E-state index in [0.717, 1.165) is 32.5 Å². The molecule has 0 atom stereocenters. The first-order valence-corrected chi connectivity index (χ1v) is 7.16. The summed E-state index contributed by atoms with van der Waals surface area (Å²) in [5.41, 5.74) is 1.30. The molecule has 21 heavy (non-hydrogen) atoms. The van der Waals surface area contributed by atoms with Crippen LogP contribution < -0.4 is 10.6 Å². The lowest BCUT2D eigenvalue weighted by Gasteiger charge is -2.32. The van der Waals surface area contributed by atoms with Crippen LogP contribution in [0.25, 0.3) is 0 Å². The fourth-order valence-electron chi connectivity index (χ4n) is 2.51. The lowest BCUT2D eigenvalue weighted by Crippen LogP contribution is -2.47. The summed E-state index contributed by atoms with van der Waals surface area (Å²) in [7, 11) is 0. The molecule has 1 aromatic carbocycles. The van der Waals surface area contributed by atoms with Crippen molar-refractivity contribution in [3.05, 3.63) is 35.9 Å². The minimum absolute atomic E-state index is 0.139. The van der Waals surface area contributed by atoms with Gasteiger partial charge in [0, 0.05) is 25.7 Å². The SMILES string of the molecule is O=C(O)NCC(=O)NC1CCN(Cc2ccccc2)CC1. The van der Waals surface area contributed by atoms with E-state index in [0.29, 0.717) is 0 Å². The maximum absolute atomic E-state index is 11.5. The number of carbonyl (C=O) groups is 2. The van der Waals surface area contributed by atoms with E-state index in [2.05, 4.69) is 27.7 Å². The predicted octanol–water partition coefficient (Wildman–Crippen LogP) is 1.03. The number of benzene rings is 1. The molecule has 114 valence electrons. The molecule has 3 N–H and O–H groups in total. The van der Waals surface area contributed by atoms with E-state index < -0.39 is 6.09 Å². The van der Waals surface area contributed by atoms with Crippen molar-refractivity contribution in [2.75, 3.05) is 19.6 Å². The van der Waals surface area contributed by atoms with Crippen molar-refractivity contribution in [1.82, 2.24) is 15.5 Å². The molecule has 0 radical (unpaired) electrons. The highest BCUT2D eigenvalue weighted by atomic mass is 16.4. The van der Waals surface area contributed by atoms with Crippen molar-refractivity contribution in [1.29, 1.82) is 0 Å². The molecule has 1 fully saturated rings. The van der Waals surface area contributed by atoms with Gasteiger partial charge in [0.25, 0.3) is 0 Å². The van der Waals surface area contributed by atoms with Gasteiger partial charge in [0.15, 0.2) is 0 Å². The van der Waals surface area contributed by atoms with E-state index in [1.165, 1.54) is 5.56 Å². The van der Waals surface area contributed by atoms with Crippen molar-refractivity contribution in [3.63, 3.8) is 0 Å². The van der Waals surface area contributed by atoms with Gasteiger partial charge in [-0.1, -0.05) is 30.3 Å². The fraction of sp³-hybridized carbons (Fsp3) is 0.467. The first-order chi connectivity index (χ1) is 10.1. The lowest BCUT2D eigenvalue weighted by atomic mass is 10.0. The molecule has 6 nitrogen and oxygen atoms in total. The van der Waals surface area contributed by atoms with E-state index in [1.807, 2.05) is 18.2 Å². The number of piperidine rings is 1. The minimum atomic E-state index is -1.18. The number of carboxylic acid groups (broad SMARTS) is 1. The summed E-state index contributed by atoms with van der Waals surface area (Å²) in [6, 6.07) is 10.5. The van der Waals surface area contributed by atoms with E-state index in [1.54, 1.807) is 0 Å². The first kappa shape index (κ1) is 15.3. The molecule has 0 saturated carbocycles. The van der Waals surface area contributed by atoms with Crippen LogP contribution in [0.5, 0.6) is 0 Å². The van der Waals surface area contributed by atoms with Crippen LogP contribution in [0.1, 0.15) is 18.4 Å². The van der Waals surface area contributed by atoms with Gasteiger partial charge in [-0.15, -0.1) is 0 Å². The summed E-state index contributed by atoms with van der Waals surface area (Å²) in [6.07, 6.45) is 0.611. The largest absolute Gasteiger partial charge is 0.465 e. The average Bonchev–Trinajstić information content (AvgIpc) is 2.48. The zero-order valence-electron chi connectivity index (χ0n) is 11.9. The molecule has 1 aromatic rings. The molecule has 1 aliphatic heterocycles. The van der Waals surface area contributed by atoms with E-state index in [9.17, 15) is 9.59 Å². The molecule has 0 unspecified atom stereocenters. The van der Waals surface area contributed by atoms with Gasteiger partial charge in [-0.2, -0.15) is 0 Å². The van der Waals surface area contributed by atoms with Gasteiger partial charge in [0.05, 0.1) is 6.54 Å². The maximum Gasteiger partial charge on any atom is 0.405 e. The van der Waals surface area contributed by atoms with Crippen molar-refractivity contribution in [2.24, 2.45) is 0 Å². The number of carbonyl (C=O) groups excluding carboxylic acids is 1. The first-order valence-electron chi connectivity index (χ1n) is 7.16. The highest BCUT2D eigenvalue weighted by Crippen LogP contribution is 2.13. The molecule has 0 aromatic heterocycles. The summed E-state index contributed by atoms with van der Waals surface area (Å²) < 4.78 is 0. The number of nitrogens with zero attached hydrogens (tertiary/aromatic N) is 1. The minimum Gasteiger partial charge on any atom is -0.465 e. The van der Waals surface area contributed by atoms with Gasteiger partial charge in [-0.05, 0) is 18.4 Å². The quantitative estimate of drug-likeness (QED) is 0.757.